The molecule has 4 atom stereocenters. The number of nitrogens with one attached hydrogen (secondary N) is 1. The van der Waals surface area contributed by atoms with Crippen LogP contribution in [-0.2, 0) is 18.7 Å². The first kappa shape index (κ1) is 30.2. The SMILES string of the molecule is CC1OC(=O)C(NC(=O)OC(C)(C)C)CCCC(CCO[Si](C)(C)C(C)(C)C)C1Oc1ccccc1. The van der Waals surface area contributed by atoms with E-state index in [1.165, 1.54) is 0 Å². The van der Waals surface area contributed by atoms with Gasteiger partial charge in [-0.05, 0) is 77.2 Å². The van der Waals surface area contributed by atoms with Crippen molar-refractivity contribution in [3.8, 4) is 5.75 Å². The van der Waals surface area contributed by atoms with Crippen LogP contribution in [0.5, 0.6) is 5.75 Å². The minimum absolute atomic E-state index is 0.123. The van der Waals surface area contributed by atoms with Gasteiger partial charge in [0.1, 0.15) is 29.6 Å². The molecular weight excluding hydrogens is 474 g/mol. The van der Waals surface area contributed by atoms with E-state index in [1.807, 2.05) is 37.3 Å². The summed E-state index contributed by atoms with van der Waals surface area (Å²) in [6.07, 6.45) is 1.38. The summed E-state index contributed by atoms with van der Waals surface area (Å²) in [5.74, 6) is 0.398. The molecule has 204 valence electrons. The Hall–Kier alpha value is -2.06. The van der Waals surface area contributed by atoms with Crippen molar-refractivity contribution < 1.29 is 28.2 Å². The molecule has 0 aliphatic carbocycles. The second-order valence-electron chi connectivity index (χ2n) is 12.3. The smallest absolute Gasteiger partial charge is 0.408 e. The number of hydrogen-bond donors (Lipinski definition) is 1. The fraction of sp³-hybridized carbons (Fsp3) is 0.714. The highest BCUT2D eigenvalue weighted by Crippen LogP contribution is 2.37. The van der Waals surface area contributed by atoms with Crippen molar-refractivity contribution in [1.82, 2.24) is 5.32 Å². The summed E-state index contributed by atoms with van der Waals surface area (Å²) in [5.41, 5.74) is -0.649. The van der Waals surface area contributed by atoms with Crippen LogP contribution in [0.3, 0.4) is 0 Å². The molecule has 4 unspecified atom stereocenters. The molecule has 1 aromatic rings. The van der Waals surface area contributed by atoms with Gasteiger partial charge < -0.3 is 24.0 Å². The topological polar surface area (TPSA) is 83.1 Å². The predicted octanol–water partition coefficient (Wildman–Crippen LogP) is 6.47. The maximum Gasteiger partial charge on any atom is 0.408 e. The number of cyclic esters (lactones) is 1. The first-order valence-corrected chi connectivity index (χ1v) is 16.1. The number of carbonyl (C=O) groups excluding carboxylic acids is 2. The molecule has 0 radical (unpaired) electrons. The Morgan fingerprint density at radius 2 is 1.72 bits per heavy atom. The predicted molar refractivity (Wildman–Crippen MR) is 145 cm³/mol. The summed E-state index contributed by atoms with van der Waals surface area (Å²) in [6, 6.07) is 8.86. The number of ether oxygens (including phenoxy) is 3. The molecule has 1 aliphatic heterocycles. The van der Waals surface area contributed by atoms with Crippen molar-refractivity contribution >= 4 is 20.4 Å². The van der Waals surface area contributed by atoms with Crippen molar-refractivity contribution in [2.24, 2.45) is 5.92 Å². The summed E-state index contributed by atoms with van der Waals surface area (Å²) in [6.45, 7) is 19.1. The third-order valence-electron chi connectivity index (χ3n) is 7.05. The maximum atomic E-state index is 13.0. The largest absolute Gasteiger partial charge is 0.486 e. The van der Waals surface area contributed by atoms with Gasteiger partial charge in [0, 0.05) is 12.5 Å². The lowest BCUT2D eigenvalue weighted by molar-refractivity contribution is -0.156. The lowest BCUT2D eigenvalue weighted by Gasteiger charge is -2.37. The van der Waals surface area contributed by atoms with E-state index in [4.69, 9.17) is 18.6 Å². The van der Waals surface area contributed by atoms with Crippen LogP contribution < -0.4 is 10.1 Å². The van der Waals surface area contributed by atoms with Gasteiger partial charge in [-0.2, -0.15) is 0 Å². The highest BCUT2D eigenvalue weighted by molar-refractivity contribution is 6.74. The highest BCUT2D eigenvalue weighted by atomic mass is 28.4. The molecule has 0 aromatic heterocycles. The van der Waals surface area contributed by atoms with Crippen molar-refractivity contribution in [3.63, 3.8) is 0 Å². The van der Waals surface area contributed by atoms with Crippen LogP contribution in [0, 0.1) is 5.92 Å². The first-order chi connectivity index (χ1) is 16.6. The molecule has 1 saturated heterocycles. The molecule has 1 N–H and O–H groups in total. The molecule has 1 fully saturated rings. The van der Waals surface area contributed by atoms with Crippen LogP contribution in [0.4, 0.5) is 4.79 Å². The van der Waals surface area contributed by atoms with Crippen LogP contribution in [-0.4, -0.2) is 50.8 Å². The summed E-state index contributed by atoms with van der Waals surface area (Å²) >= 11 is 0. The highest BCUT2D eigenvalue weighted by Gasteiger charge is 2.39. The van der Waals surface area contributed by atoms with E-state index in [0.29, 0.717) is 13.0 Å². The normalized spacial score (nSPS) is 24.1. The summed E-state index contributed by atoms with van der Waals surface area (Å²) < 4.78 is 24.1. The summed E-state index contributed by atoms with van der Waals surface area (Å²) in [7, 11) is -1.88. The van der Waals surface area contributed by atoms with E-state index in [2.05, 4.69) is 39.2 Å². The minimum Gasteiger partial charge on any atom is -0.486 e. The fourth-order valence-corrected chi connectivity index (χ4v) is 5.06. The number of benzene rings is 1. The Bertz CT molecular complexity index is 846. The first-order valence-electron chi connectivity index (χ1n) is 13.1. The Morgan fingerprint density at radius 1 is 1.08 bits per heavy atom. The van der Waals surface area contributed by atoms with Crippen LogP contribution in [0.15, 0.2) is 30.3 Å². The van der Waals surface area contributed by atoms with E-state index >= 15 is 0 Å². The zero-order valence-electron chi connectivity index (χ0n) is 23.7. The lowest BCUT2D eigenvalue weighted by Crippen LogP contribution is -2.46. The molecule has 0 spiro atoms. The van der Waals surface area contributed by atoms with Crippen LogP contribution >= 0.6 is 0 Å². The Morgan fingerprint density at radius 3 is 2.31 bits per heavy atom. The van der Waals surface area contributed by atoms with Gasteiger partial charge in [-0.3, -0.25) is 0 Å². The number of hydrogen-bond acceptors (Lipinski definition) is 6. The average Bonchev–Trinajstić information content (AvgIpc) is 2.78. The van der Waals surface area contributed by atoms with Gasteiger partial charge in [-0.15, -0.1) is 0 Å². The van der Waals surface area contributed by atoms with Crippen molar-refractivity contribution in [3.05, 3.63) is 30.3 Å². The van der Waals surface area contributed by atoms with Gasteiger partial charge in [-0.1, -0.05) is 45.4 Å². The number of rotatable bonds is 7. The standard InChI is InChI=1S/C28H47NO6Si/c1-20-24(34-22-15-11-10-12-16-22)21(18-19-32-36(8,9)28(5,6)7)14-13-17-23(25(30)33-20)29-26(31)35-27(2,3)4/h10-12,15-16,20-21,23-24H,13-14,17-19H2,1-9H3,(H,29,31). The van der Waals surface area contributed by atoms with E-state index in [-0.39, 0.29) is 17.1 Å². The second-order valence-corrected chi connectivity index (χ2v) is 17.1. The number of amides is 1. The molecule has 1 aliphatic rings. The molecule has 1 aromatic carbocycles. The molecule has 0 bridgehead atoms. The molecule has 8 heteroatoms. The second kappa shape index (κ2) is 12.5. The Labute approximate surface area is 218 Å². The average molecular weight is 522 g/mol. The van der Waals surface area contributed by atoms with Gasteiger partial charge in [0.25, 0.3) is 0 Å². The molecule has 7 nitrogen and oxygen atoms in total. The van der Waals surface area contributed by atoms with Crippen molar-refractivity contribution in [1.29, 1.82) is 0 Å². The van der Waals surface area contributed by atoms with E-state index in [0.717, 1.165) is 25.0 Å². The van der Waals surface area contributed by atoms with E-state index < -0.39 is 38.1 Å². The number of carbonyl (C=O) groups is 2. The van der Waals surface area contributed by atoms with E-state index in [1.54, 1.807) is 20.8 Å². The van der Waals surface area contributed by atoms with E-state index in [9.17, 15) is 9.59 Å². The molecular formula is C28H47NO6Si. The summed E-state index contributed by atoms with van der Waals surface area (Å²) in [5, 5.41) is 2.84. The lowest BCUT2D eigenvalue weighted by atomic mass is 9.89. The molecule has 1 heterocycles. The summed E-state index contributed by atoms with van der Waals surface area (Å²) in [4.78, 5) is 25.4. The van der Waals surface area contributed by atoms with Crippen molar-refractivity contribution in [2.45, 2.75) is 116 Å². The van der Waals surface area contributed by atoms with Gasteiger partial charge in [-0.25, -0.2) is 9.59 Å². The van der Waals surface area contributed by atoms with Crippen molar-refractivity contribution in [2.75, 3.05) is 6.61 Å². The Kier molecular flexibility index (Phi) is 10.4. The van der Waals surface area contributed by atoms with Gasteiger partial charge >= 0.3 is 12.1 Å². The number of para-hydroxylation sites is 1. The zero-order chi connectivity index (χ0) is 27.1. The zero-order valence-corrected chi connectivity index (χ0v) is 24.7. The Balaban J connectivity index is 2.19. The minimum atomic E-state index is -1.88. The van der Waals surface area contributed by atoms with Crippen LogP contribution in [0.25, 0.3) is 0 Å². The van der Waals surface area contributed by atoms with Gasteiger partial charge in [0.05, 0.1) is 0 Å². The quantitative estimate of drug-likeness (QED) is 0.327. The third-order valence-corrected chi connectivity index (χ3v) is 11.6. The number of alkyl carbamates (subject to hydrolysis) is 1. The fourth-order valence-electron chi connectivity index (χ4n) is 4.00. The number of esters is 1. The van der Waals surface area contributed by atoms with Gasteiger partial charge in [0.2, 0.25) is 0 Å². The van der Waals surface area contributed by atoms with Crippen LogP contribution in [0.1, 0.15) is 74.1 Å². The van der Waals surface area contributed by atoms with Crippen LogP contribution in [0.2, 0.25) is 18.1 Å². The molecule has 36 heavy (non-hydrogen) atoms. The third kappa shape index (κ3) is 9.43. The van der Waals surface area contributed by atoms with Gasteiger partial charge in [0.15, 0.2) is 8.32 Å². The molecule has 2 rings (SSSR count). The molecule has 1 amide bonds. The monoisotopic (exact) mass is 521 g/mol. The molecule has 0 saturated carbocycles. The maximum absolute atomic E-state index is 13.0.